The number of hydrogen-bond donors (Lipinski definition) is 0. The Labute approximate surface area is 76.2 Å². The first-order valence-corrected chi connectivity index (χ1v) is 7.18. The number of nitrogens with zero attached hydrogens (tertiary/aromatic N) is 1. The minimum absolute atomic E-state index is 0.400. The summed E-state index contributed by atoms with van der Waals surface area (Å²) < 4.78 is 1.77. The quantitative estimate of drug-likeness (QED) is 0.520. The molecule has 0 amide bonds. The fourth-order valence-electron chi connectivity index (χ4n) is 0.297. The van der Waals surface area contributed by atoms with Gasteiger partial charge in [0.25, 0.3) is 0 Å². The topological polar surface area (TPSA) is 3.24 Å². The molecule has 0 heterocycles. The highest BCUT2D eigenvalue weighted by molar-refractivity contribution is 7.35. The van der Waals surface area contributed by atoms with Gasteiger partial charge < -0.3 is 4.57 Å². The third-order valence-electron chi connectivity index (χ3n) is 0.759. The maximum atomic E-state index is 5.59. The van der Waals surface area contributed by atoms with Crippen LogP contribution in [0.15, 0.2) is 0 Å². The molecule has 0 aliphatic heterocycles. The monoisotopic (exact) mass is 223 g/mol. The molecule has 1 nitrogen and oxygen atoms in total. The van der Waals surface area contributed by atoms with E-state index in [-0.39, 0.29) is 0 Å². The molecule has 0 saturated carbocycles. The smallest absolute Gasteiger partial charge is 0.309 e. The molecule has 0 unspecified atom stereocenters. The van der Waals surface area contributed by atoms with Crippen LogP contribution in [0, 0.1) is 0 Å². The fraction of sp³-hybridized carbons (Fsp3) is 1.00. The Hall–Kier alpha value is 1.40. The predicted octanol–water partition coefficient (Wildman–Crippen LogP) is 1.62. The Morgan fingerprint density at radius 3 is 2.00 bits per heavy atom. The van der Waals surface area contributed by atoms with Gasteiger partial charge in [-0.2, -0.15) is 22.9 Å². The SMILES string of the molecule is CN(CB(Cl)Cl)[SiH](Cl)Cl. The van der Waals surface area contributed by atoms with Crippen LogP contribution < -0.4 is 0 Å². The maximum absolute atomic E-state index is 5.59. The number of rotatable bonds is 3. The van der Waals surface area contributed by atoms with Crippen molar-refractivity contribution >= 4 is 58.2 Å². The lowest BCUT2D eigenvalue weighted by Crippen LogP contribution is -2.32. The lowest BCUT2D eigenvalue weighted by atomic mass is 10.1. The summed E-state index contributed by atoms with van der Waals surface area (Å²) in [6.07, 6.45) is 0.535. The molecule has 0 bridgehead atoms. The zero-order chi connectivity index (χ0) is 7.44. The second-order valence-corrected chi connectivity index (χ2v) is 7.47. The van der Waals surface area contributed by atoms with Gasteiger partial charge in [0.05, 0.1) is 0 Å². The largest absolute Gasteiger partial charge is 0.364 e. The Morgan fingerprint density at radius 1 is 1.44 bits per heavy atom. The van der Waals surface area contributed by atoms with Crippen molar-refractivity contribution < 1.29 is 0 Å². The third kappa shape index (κ3) is 5.83. The molecule has 0 radical (unpaired) electrons. The summed E-state index contributed by atoms with van der Waals surface area (Å²) in [5.74, 6) is 0. The summed E-state index contributed by atoms with van der Waals surface area (Å²) in [7, 11) is 0.0884. The van der Waals surface area contributed by atoms with Gasteiger partial charge in [-0.05, 0) is 7.05 Å². The van der Waals surface area contributed by atoms with E-state index in [1.807, 2.05) is 0 Å². The van der Waals surface area contributed by atoms with Crippen LogP contribution in [-0.4, -0.2) is 31.2 Å². The minimum atomic E-state index is -1.71. The van der Waals surface area contributed by atoms with Crippen LogP contribution in [-0.2, 0) is 0 Å². The van der Waals surface area contributed by atoms with Crippen molar-refractivity contribution in [2.75, 3.05) is 13.5 Å². The van der Waals surface area contributed by atoms with Gasteiger partial charge >= 0.3 is 13.1 Å². The van der Waals surface area contributed by atoms with Crippen LogP contribution in [0.4, 0.5) is 0 Å². The average Bonchev–Trinajstić information content (AvgIpc) is 1.63. The van der Waals surface area contributed by atoms with Crippen LogP contribution in [0.5, 0.6) is 0 Å². The molecule has 0 aliphatic rings. The molecule has 0 aromatic heterocycles. The second kappa shape index (κ2) is 5.11. The van der Waals surface area contributed by atoms with Crippen LogP contribution in [0.1, 0.15) is 0 Å². The first-order chi connectivity index (χ1) is 4.04. The van der Waals surface area contributed by atoms with E-state index in [4.69, 9.17) is 45.1 Å². The van der Waals surface area contributed by atoms with Gasteiger partial charge in [-0.25, -0.2) is 0 Å². The summed E-state index contributed by atoms with van der Waals surface area (Å²) in [4.78, 5) is 0. The summed E-state index contributed by atoms with van der Waals surface area (Å²) in [6.45, 7) is 0. The molecule has 0 aromatic carbocycles. The highest BCUT2D eigenvalue weighted by Crippen LogP contribution is 2.05. The van der Waals surface area contributed by atoms with Gasteiger partial charge in [-0.3, -0.25) is 0 Å². The van der Waals surface area contributed by atoms with Crippen molar-refractivity contribution in [1.82, 2.24) is 4.57 Å². The zero-order valence-electron chi connectivity index (χ0n) is 4.82. The first kappa shape index (κ1) is 10.4. The van der Waals surface area contributed by atoms with Crippen molar-refractivity contribution in [3.63, 3.8) is 0 Å². The van der Waals surface area contributed by atoms with Crippen LogP contribution >= 0.6 is 45.1 Å². The molecule has 7 heteroatoms. The van der Waals surface area contributed by atoms with Crippen molar-refractivity contribution in [3.05, 3.63) is 0 Å². The lowest BCUT2D eigenvalue weighted by Gasteiger charge is -2.14. The molecule has 0 rings (SSSR count). The van der Waals surface area contributed by atoms with Gasteiger partial charge in [0.15, 0.2) is 0 Å². The van der Waals surface area contributed by atoms with Crippen molar-refractivity contribution in [2.45, 2.75) is 0 Å². The maximum Gasteiger partial charge on any atom is 0.364 e. The van der Waals surface area contributed by atoms with E-state index < -0.39 is 13.1 Å². The van der Waals surface area contributed by atoms with E-state index in [0.29, 0.717) is 6.44 Å². The molecule has 0 aliphatic carbocycles. The summed E-state index contributed by atoms with van der Waals surface area (Å²) in [5, 5.41) is 0. The van der Waals surface area contributed by atoms with E-state index in [0.717, 1.165) is 0 Å². The molecule has 54 valence electrons. The van der Waals surface area contributed by atoms with Gasteiger partial charge in [0.1, 0.15) is 0 Å². The van der Waals surface area contributed by atoms with Crippen molar-refractivity contribution in [2.24, 2.45) is 0 Å². The van der Waals surface area contributed by atoms with E-state index >= 15 is 0 Å². The van der Waals surface area contributed by atoms with E-state index in [2.05, 4.69) is 0 Å². The fourth-order valence-corrected chi connectivity index (χ4v) is 1.85. The Balaban J connectivity index is 3.38. The highest BCUT2D eigenvalue weighted by atomic mass is 35.7. The zero-order valence-corrected chi connectivity index (χ0v) is 9.00. The number of hydrogen-bond acceptors (Lipinski definition) is 1. The molecule has 0 atom stereocenters. The molecule has 0 N–H and O–H groups in total. The molecule has 0 aromatic rings. The molecular weight excluding hydrogens is 219 g/mol. The van der Waals surface area contributed by atoms with Gasteiger partial charge in [0.2, 0.25) is 0 Å². The third-order valence-corrected chi connectivity index (χ3v) is 3.91. The van der Waals surface area contributed by atoms with Crippen LogP contribution in [0.25, 0.3) is 0 Å². The Kier molecular flexibility index (Phi) is 5.90. The molecule has 0 spiro atoms. The van der Waals surface area contributed by atoms with Gasteiger partial charge in [-0.1, -0.05) is 0 Å². The van der Waals surface area contributed by atoms with E-state index in [9.17, 15) is 0 Å². The van der Waals surface area contributed by atoms with Crippen molar-refractivity contribution in [1.29, 1.82) is 0 Å². The normalized spacial score (nSPS) is 11.0. The summed E-state index contributed by atoms with van der Waals surface area (Å²) in [6, 6.07) is 0. The van der Waals surface area contributed by atoms with Crippen molar-refractivity contribution in [3.8, 4) is 0 Å². The second-order valence-electron chi connectivity index (χ2n) is 1.61. The van der Waals surface area contributed by atoms with Gasteiger partial charge in [0, 0.05) is 6.44 Å². The molecule has 0 fully saturated rings. The standard InChI is InChI=1S/C2H6BCl4NSi/c1-8(9(6)7)2-3(4)5/h9H,2H2,1H3. The minimum Gasteiger partial charge on any atom is -0.309 e. The Morgan fingerprint density at radius 2 is 1.89 bits per heavy atom. The molecule has 9 heavy (non-hydrogen) atoms. The van der Waals surface area contributed by atoms with E-state index in [1.54, 1.807) is 11.6 Å². The lowest BCUT2D eigenvalue weighted by molar-refractivity contribution is 0.633. The summed E-state index contributed by atoms with van der Waals surface area (Å²) in [5.41, 5.74) is -0.400. The Bertz CT molecular complexity index is 81.0. The summed E-state index contributed by atoms with van der Waals surface area (Å²) >= 11 is 22.1. The van der Waals surface area contributed by atoms with E-state index in [1.165, 1.54) is 0 Å². The van der Waals surface area contributed by atoms with Gasteiger partial charge in [-0.15, -0.1) is 22.2 Å². The van der Waals surface area contributed by atoms with Crippen LogP contribution in [0.3, 0.4) is 0 Å². The molecular formula is C2H6BCl4NSi. The predicted molar refractivity (Wildman–Crippen MR) is 48.9 cm³/mol. The first-order valence-electron chi connectivity index (χ1n) is 2.30. The van der Waals surface area contributed by atoms with Crippen LogP contribution in [0.2, 0.25) is 0 Å². The highest BCUT2D eigenvalue weighted by Gasteiger charge is 2.15. The average molecular weight is 225 g/mol. The number of halogens is 4. The molecule has 0 saturated heterocycles.